The lowest BCUT2D eigenvalue weighted by Crippen LogP contribution is -2.49. The molecule has 0 bridgehead atoms. The number of aliphatic hydroxyl groups excluding tert-OH is 1. The summed E-state index contributed by atoms with van der Waals surface area (Å²) in [4.78, 5) is 21.7. The highest BCUT2D eigenvalue weighted by Gasteiger charge is 2.47. The number of nitrogens with zero attached hydrogens (tertiary/aromatic N) is 2. The first-order chi connectivity index (χ1) is 14.5. The van der Waals surface area contributed by atoms with Crippen LogP contribution in [0.25, 0.3) is 5.57 Å². The molecule has 0 spiro atoms. The number of hydrogen-bond acceptors (Lipinski definition) is 7. The fourth-order valence-corrected chi connectivity index (χ4v) is 3.70. The van der Waals surface area contributed by atoms with Crippen molar-refractivity contribution >= 4 is 11.4 Å². The molecule has 3 rings (SSSR count). The van der Waals surface area contributed by atoms with Gasteiger partial charge in [0.05, 0.1) is 12.2 Å². The molecule has 7 nitrogen and oxygen atoms in total. The van der Waals surface area contributed by atoms with Gasteiger partial charge in [-0.05, 0) is 71.2 Å². The summed E-state index contributed by atoms with van der Waals surface area (Å²) in [6.45, 7) is 13.1. The maximum absolute atomic E-state index is 13.2. The summed E-state index contributed by atoms with van der Waals surface area (Å²) < 4.78 is 17.3. The Hall–Kier alpha value is -2.93. The van der Waals surface area contributed by atoms with Crippen LogP contribution < -0.4 is 9.47 Å². The Labute approximate surface area is 183 Å². The van der Waals surface area contributed by atoms with Gasteiger partial charge in [-0.3, -0.25) is 4.79 Å². The topological polar surface area (TPSA) is 90.8 Å². The van der Waals surface area contributed by atoms with E-state index in [1.54, 1.807) is 46.0 Å². The Morgan fingerprint density at radius 1 is 1.13 bits per heavy atom. The van der Waals surface area contributed by atoms with E-state index in [0.29, 0.717) is 30.2 Å². The second-order valence-corrected chi connectivity index (χ2v) is 8.52. The summed E-state index contributed by atoms with van der Waals surface area (Å²) in [5, 5.41) is 10.9. The molecule has 1 aromatic heterocycles. The lowest BCUT2D eigenvalue weighted by atomic mass is 9.81. The van der Waals surface area contributed by atoms with E-state index in [-0.39, 0.29) is 23.1 Å². The van der Waals surface area contributed by atoms with Gasteiger partial charge in [0, 0.05) is 11.8 Å². The van der Waals surface area contributed by atoms with Gasteiger partial charge in [0.2, 0.25) is 5.88 Å². The molecule has 31 heavy (non-hydrogen) atoms. The van der Waals surface area contributed by atoms with Crippen molar-refractivity contribution < 1.29 is 24.1 Å². The summed E-state index contributed by atoms with van der Waals surface area (Å²) in [5.41, 5.74) is 0.520. The van der Waals surface area contributed by atoms with E-state index in [1.165, 1.54) is 0 Å². The molecule has 1 aliphatic rings. The third-order valence-electron chi connectivity index (χ3n) is 5.22. The van der Waals surface area contributed by atoms with E-state index < -0.39 is 11.2 Å². The molecule has 0 aliphatic carbocycles. The van der Waals surface area contributed by atoms with Crippen molar-refractivity contribution in [3.05, 3.63) is 46.8 Å². The Kier molecular flexibility index (Phi) is 6.09. The predicted molar refractivity (Wildman–Crippen MR) is 118 cm³/mol. The largest absolute Gasteiger partial charge is 0.508 e. The first-order valence-electron chi connectivity index (χ1n) is 10.5. The molecular weight excluding hydrogens is 396 g/mol. The average molecular weight is 427 g/mol. The van der Waals surface area contributed by atoms with Gasteiger partial charge in [0.15, 0.2) is 5.78 Å². The molecule has 1 aromatic carbocycles. The van der Waals surface area contributed by atoms with Crippen molar-refractivity contribution in [3.63, 3.8) is 0 Å². The number of carbonyl (C=O) groups excluding carboxylic acids is 1. The number of ketones is 1. The van der Waals surface area contributed by atoms with E-state index in [1.807, 2.05) is 26.8 Å². The lowest BCUT2D eigenvalue weighted by Gasteiger charge is -2.40. The van der Waals surface area contributed by atoms with Crippen LogP contribution in [0.15, 0.2) is 30.2 Å². The highest BCUT2D eigenvalue weighted by molar-refractivity contribution is 6.26. The summed E-state index contributed by atoms with van der Waals surface area (Å²) in [7, 11) is 0. The number of aryl methyl sites for hydroxylation is 2. The molecule has 7 heteroatoms. The van der Waals surface area contributed by atoms with Crippen molar-refractivity contribution in [2.75, 3.05) is 6.61 Å². The van der Waals surface area contributed by atoms with E-state index in [0.717, 1.165) is 11.1 Å². The first-order valence-corrected chi connectivity index (χ1v) is 10.5. The van der Waals surface area contributed by atoms with E-state index in [4.69, 9.17) is 14.2 Å². The number of benzene rings is 1. The van der Waals surface area contributed by atoms with Gasteiger partial charge in [-0.1, -0.05) is 13.0 Å². The molecule has 1 aliphatic heterocycles. The summed E-state index contributed by atoms with van der Waals surface area (Å²) in [6, 6.07) is 5.56. The van der Waals surface area contributed by atoms with Gasteiger partial charge < -0.3 is 19.3 Å². The minimum atomic E-state index is -1.07. The van der Waals surface area contributed by atoms with Gasteiger partial charge >= 0.3 is 6.01 Å². The monoisotopic (exact) mass is 426 g/mol. The number of aromatic nitrogens is 2. The molecule has 166 valence electrons. The van der Waals surface area contributed by atoms with Crippen molar-refractivity contribution in [3.8, 4) is 17.6 Å². The minimum absolute atomic E-state index is 0.0890. The highest BCUT2D eigenvalue weighted by Crippen LogP contribution is 2.41. The number of rotatable bonds is 6. The molecule has 2 aromatic rings. The third-order valence-corrected chi connectivity index (χ3v) is 5.22. The maximum atomic E-state index is 13.2. The number of ether oxygens (including phenoxy) is 3. The molecular formula is C24H30N2O5. The Morgan fingerprint density at radius 3 is 2.48 bits per heavy atom. The first kappa shape index (κ1) is 22.7. The molecule has 0 saturated heterocycles. The quantitative estimate of drug-likeness (QED) is 0.698. The zero-order chi connectivity index (χ0) is 23.0. The van der Waals surface area contributed by atoms with Crippen LogP contribution >= 0.6 is 0 Å². The van der Waals surface area contributed by atoms with Crippen molar-refractivity contribution in [2.45, 2.75) is 66.1 Å². The fraction of sp³-hybridized carbons (Fsp3) is 0.458. The predicted octanol–water partition coefficient (Wildman–Crippen LogP) is 4.96. The highest BCUT2D eigenvalue weighted by atomic mass is 16.5. The maximum Gasteiger partial charge on any atom is 0.325 e. The SMILES string of the molecule is CCOc1nc(Oc2ccc(CC)c(C3=C(O)C(C)(C)OC(C)(C)C3=O)c2)ncc1C. The Bertz CT molecular complexity index is 1040. The van der Waals surface area contributed by atoms with Crippen LogP contribution in [0.2, 0.25) is 0 Å². The van der Waals surface area contributed by atoms with Crippen molar-refractivity contribution in [1.82, 2.24) is 9.97 Å². The van der Waals surface area contributed by atoms with Gasteiger partial charge in [-0.2, -0.15) is 4.98 Å². The molecule has 0 amide bonds. The van der Waals surface area contributed by atoms with Crippen molar-refractivity contribution in [1.29, 1.82) is 0 Å². The number of hydrogen-bond donors (Lipinski definition) is 1. The number of carbonyl (C=O) groups is 1. The van der Waals surface area contributed by atoms with E-state index in [9.17, 15) is 9.90 Å². The van der Waals surface area contributed by atoms with Crippen LogP contribution in [-0.2, 0) is 16.0 Å². The second kappa shape index (κ2) is 8.30. The molecule has 2 heterocycles. The van der Waals surface area contributed by atoms with Crippen LogP contribution in [-0.4, -0.2) is 38.7 Å². The van der Waals surface area contributed by atoms with Crippen molar-refractivity contribution in [2.24, 2.45) is 0 Å². The third kappa shape index (κ3) is 4.42. The zero-order valence-corrected chi connectivity index (χ0v) is 19.2. The van der Waals surface area contributed by atoms with Gasteiger partial charge in [0.25, 0.3) is 0 Å². The van der Waals surface area contributed by atoms with Crippen LogP contribution in [0.1, 0.15) is 58.2 Å². The Morgan fingerprint density at radius 2 is 1.84 bits per heavy atom. The molecule has 0 saturated carbocycles. The van der Waals surface area contributed by atoms with Crippen LogP contribution in [0.3, 0.4) is 0 Å². The smallest absolute Gasteiger partial charge is 0.325 e. The molecule has 0 fully saturated rings. The summed E-state index contributed by atoms with van der Waals surface area (Å²) in [6.07, 6.45) is 2.31. The lowest BCUT2D eigenvalue weighted by molar-refractivity contribution is -0.158. The molecule has 0 unspecified atom stereocenters. The molecule has 0 radical (unpaired) electrons. The number of Topliss-reactive ketones (excluding diaryl/α,β-unsaturated/α-hetero) is 1. The fourth-order valence-electron chi connectivity index (χ4n) is 3.70. The van der Waals surface area contributed by atoms with E-state index in [2.05, 4.69) is 9.97 Å². The standard InChI is InChI=1S/C24H30N2O5/c1-8-15-10-11-16(30-22-25-13-14(3)21(26-22)29-9-2)12-17(15)18-19(27)23(4,5)31-24(6,7)20(18)28/h10-13,27H,8-9H2,1-7H3. The summed E-state index contributed by atoms with van der Waals surface area (Å²) in [5.74, 6) is 0.547. The zero-order valence-electron chi connectivity index (χ0n) is 19.2. The van der Waals surface area contributed by atoms with Gasteiger partial charge in [-0.15, -0.1) is 0 Å². The number of aliphatic hydroxyl groups is 1. The molecule has 1 N–H and O–H groups in total. The van der Waals surface area contributed by atoms with Crippen LogP contribution in [0, 0.1) is 6.92 Å². The average Bonchev–Trinajstić information content (AvgIpc) is 2.69. The summed E-state index contributed by atoms with van der Waals surface area (Å²) >= 11 is 0. The Balaban J connectivity index is 2.08. The minimum Gasteiger partial charge on any atom is -0.508 e. The van der Waals surface area contributed by atoms with Crippen LogP contribution in [0.4, 0.5) is 0 Å². The normalized spacial score (nSPS) is 17.6. The van der Waals surface area contributed by atoms with Crippen LogP contribution in [0.5, 0.6) is 17.6 Å². The van der Waals surface area contributed by atoms with Gasteiger partial charge in [0.1, 0.15) is 22.7 Å². The van der Waals surface area contributed by atoms with E-state index >= 15 is 0 Å². The molecule has 0 atom stereocenters. The van der Waals surface area contributed by atoms with Gasteiger partial charge in [-0.25, -0.2) is 4.98 Å². The second-order valence-electron chi connectivity index (χ2n) is 8.52.